The molecule has 0 aliphatic rings. The highest BCUT2D eigenvalue weighted by atomic mass is 35.5. The molecule has 0 aromatic heterocycles. The quantitative estimate of drug-likeness (QED) is 0.787. The third kappa shape index (κ3) is 5.05. The van der Waals surface area contributed by atoms with E-state index in [2.05, 4.69) is 13.0 Å². The molecule has 0 unspecified atom stereocenters. The van der Waals surface area contributed by atoms with Gasteiger partial charge in [-0.2, -0.15) is 0 Å². The van der Waals surface area contributed by atoms with Crippen LogP contribution in [0, 0.1) is 0 Å². The first-order valence-corrected chi connectivity index (χ1v) is 6.66. The van der Waals surface area contributed by atoms with Crippen molar-refractivity contribution < 1.29 is 0 Å². The predicted octanol–water partition coefficient (Wildman–Crippen LogP) is 4.41. The molecule has 2 N–H and O–H groups in total. The molecule has 2 nitrogen and oxygen atoms in total. The van der Waals surface area contributed by atoms with E-state index >= 15 is 0 Å². The molecule has 1 aromatic rings. The maximum absolute atomic E-state index is 6.27. The van der Waals surface area contributed by atoms with Crippen molar-refractivity contribution in [2.24, 2.45) is 5.73 Å². The summed E-state index contributed by atoms with van der Waals surface area (Å²) in [5.74, 6) is 0. The van der Waals surface area contributed by atoms with Crippen molar-refractivity contribution in [2.45, 2.75) is 38.6 Å². The van der Waals surface area contributed by atoms with Crippen molar-refractivity contribution in [2.75, 3.05) is 19.0 Å². The largest absolute Gasteiger partial charge is 0.378 e. The van der Waals surface area contributed by atoms with Crippen molar-refractivity contribution in [1.29, 1.82) is 0 Å². The van der Waals surface area contributed by atoms with Gasteiger partial charge >= 0.3 is 0 Å². The van der Waals surface area contributed by atoms with Crippen LogP contribution in [0.5, 0.6) is 0 Å². The van der Waals surface area contributed by atoms with Gasteiger partial charge in [0.25, 0.3) is 0 Å². The zero-order valence-corrected chi connectivity index (χ0v) is 13.0. The van der Waals surface area contributed by atoms with E-state index in [4.69, 9.17) is 17.3 Å². The van der Waals surface area contributed by atoms with Gasteiger partial charge in [-0.1, -0.05) is 43.9 Å². The first-order valence-electron chi connectivity index (χ1n) is 6.28. The van der Waals surface area contributed by atoms with Gasteiger partial charge in [-0.25, -0.2) is 0 Å². The van der Waals surface area contributed by atoms with Crippen molar-refractivity contribution in [1.82, 2.24) is 0 Å². The summed E-state index contributed by atoms with van der Waals surface area (Å²) in [6, 6.07) is 6.16. The van der Waals surface area contributed by atoms with Gasteiger partial charge in [-0.15, -0.1) is 12.4 Å². The number of anilines is 1. The van der Waals surface area contributed by atoms with Crippen LogP contribution >= 0.6 is 24.0 Å². The van der Waals surface area contributed by atoms with Gasteiger partial charge in [0.1, 0.15) is 0 Å². The Morgan fingerprint density at radius 2 is 1.94 bits per heavy atom. The Morgan fingerprint density at radius 3 is 2.44 bits per heavy atom. The summed E-state index contributed by atoms with van der Waals surface area (Å²) in [4.78, 5) is 2.04. The lowest BCUT2D eigenvalue weighted by Gasteiger charge is -2.17. The molecule has 104 valence electrons. The number of hydrogen-bond acceptors (Lipinski definition) is 2. The molecule has 0 heterocycles. The van der Waals surface area contributed by atoms with E-state index in [1.54, 1.807) is 0 Å². The van der Waals surface area contributed by atoms with Gasteiger partial charge in [-0.05, 0) is 24.1 Å². The van der Waals surface area contributed by atoms with Crippen LogP contribution in [0.1, 0.15) is 44.2 Å². The minimum atomic E-state index is 0. The molecule has 0 spiro atoms. The van der Waals surface area contributed by atoms with E-state index < -0.39 is 0 Å². The third-order valence-electron chi connectivity index (χ3n) is 3.02. The fourth-order valence-corrected chi connectivity index (χ4v) is 2.18. The molecule has 0 aliphatic carbocycles. The van der Waals surface area contributed by atoms with Gasteiger partial charge in [0.15, 0.2) is 0 Å². The predicted molar refractivity (Wildman–Crippen MR) is 84.1 cm³/mol. The summed E-state index contributed by atoms with van der Waals surface area (Å²) in [6.45, 7) is 2.20. The zero-order chi connectivity index (χ0) is 12.8. The molecular formula is C14H24Cl2N2. The first kappa shape index (κ1) is 17.6. The summed E-state index contributed by atoms with van der Waals surface area (Å²) < 4.78 is 0. The van der Waals surface area contributed by atoms with Gasteiger partial charge in [-0.3, -0.25) is 0 Å². The molecule has 0 saturated carbocycles. The van der Waals surface area contributed by atoms with Gasteiger partial charge in [0.05, 0.1) is 0 Å². The average Bonchev–Trinajstić information content (AvgIpc) is 2.28. The van der Waals surface area contributed by atoms with Crippen molar-refractivity contribution in [3.63, 3.8) is 0 Å². The number of nitrogens with zero attached hydrogens (tertiary/aromatic N) is 1. The Hall–Kier alpha value is -0.440. The van der Waals surface area contributed by atoms with Crippen molar-refractivity contribution in [3.8, 4) is 0 Å². The molecule has 1 atom stereocenters. The Morgan fingerprint density at radius 1 is 1.28 bits per heavy atom. The van der Waals surface area contributed by atoms with E-state index in [1.165, 1.54) is 19.3 Å². The molecular weight excluding hydrogens is 267 g/mol. The number of benzene rings is 1. The minimum absolute atomic E-state index is 0. The second kappa shape index (κ2) is 8.63. The smallest absolute Gasteiger partial charge is 0.0474 e. The Kier molecular flexibility index (Phi) is 8.41. The number of rotatable bonds is 6. The van der Waals surface area contributed by atoms with Gasteiger partial charge in [0.2, 0.25) is 0 Å². The average molecular weight is 291 g/mol. The highest BCUT2D eigenvalue weighted by molar-refractivity contribution is 6.31. The third-order valence-corrected chi connectivity index (χ3v) is 3.35. The highest BCUT2D eigenvalue weighted by Crippen LogP contribution is 2.28. The Balaban J connectivity index is 0.00000289. The molecule has 0 aliphatic heterocycles. The fourth-order valence-electron chi connectivity index (χ4n) is 1.86. The monoisotopic (exact) mass is 290 g/mol. The van der Waals surface area contributed by atoms with E-state index in [0.29, 0.717) is 0 Å². The SMILES string of the molecule is CCCCC[C@@H](N)c1ccc(N(C)C)cc1Cl.Cl. The van der Waals surface area contributed by atoms with Crippen LogP contribution in [0.3, 0.4) is 0 Å². The summed E-state index contributed by atoms with van der Waals surface area (Å²) in [7, 11) is 4.01. The van der Waals surface area contributed by atoms with Gasteiger partial charge < -0.3 is 10.6 Å². The second-order valence-electron chi connectivity index (χ2n) is 4.70. The molecule has 0 fully saturated rings. The highest BCUT2D eigenvalue weighted by Gasteiger charge is 2.10. The molecule has 1 rings (SSSR count). The molecule has 1 aromatic carbocycles. The summed E-state index contributed by atoms with van der Waals surface area (Å²) in [5.41, 5.74) is 8.34. The molecule has 18 heavy (non-hydrogen) atoms. The minimum Gasteiger partial charge on any atom is -0.378 e. The number of halogens is 2. The van der Waals surface area contributed by atoms with Crippen LogP contribution < -0.4 is 10.6 Å². The normalized spacial score (nSPS) is 11.8. The zero-order valence-electron chi connectivity index (χ0n) is 11.4. The van der Waals surface area contributed by atoms with Crippen LogP contribution in [0.15, 0.2) is 18.2 Å². The van der Waals surface area contributed by atoms with Crippen LogP contribution in [0.25, 0.3) is 0 Å². The summed E-state index contributed by atoms with van der Waals surface area (Å²) in [5, 5.41) is 0.778. The molecule has 0 bridgehead atoms. The molecule has 4 heteroatoms. The maximum atomic E-state index is 6.27. The molecule has 0 amide bonds. The molecule has 0 saturated heterocycles. The van der Waals surface area contributed by atoms with E-state index in [9.17, 15) is 0 Å². The van der Waals surface area contributed by atoms with Crippen molar-refractivity contribution in [3.05, 3.63) is 28.8 Å². The lowest BCUT2D eigenvalue weighted by molar-refractivity contribution is 0.581. The standard InChI is InChI=1S/C14H23ClN2.ClH/c1-4-5-6-7-14(16)12-9-8-11(17(2)3)10-13(12)15;/h8-10,14H,4-7,16H2,1-3H3;1H/t14-;/m1./s1. The van der Waals surface area contributed by atoms with Crippen LogP contribution in [-0.4, -0.2) is 14.1 Å². The van der Waals surface area contributed by atoms with E-state index in [1.807, 2.05) is 31.1 Å². The molecule has 0 radical (unpaired) electrons. The topological polar surface area (TPSA) is 29.3 Å². The number of hydrogen-bond donors (Lipinski definition) is 1. The van der Waals surface area contributed by atoms with Crippen LogP contribution in [0.4, 0.5) is 5.69 Å². The lowest BCUT2D eigenvalue weighted by atomic mass is 10.0. The number of nitrogens with two attached hydrogens (primary N) is 1. The fraction of sp³-hybridized carbons (Fsp3) is 0.571. The van der Waals surface area contributed by atoms with E-state index in [0.717, 1.165) is 22.7 Å². The van der Waals surface area contributed by atoms with Crippen molar-refractivity contribution >= 4 is 29.7 Å². The lowest BCUT2D eigenvalue weighted by Crippen LogP contribution is -2.12. The summed E-state index contributed by atoms with van der Waals surface area (Å²) in [6.07, 6.45) is 4.64. The van der Waals surface area contributed by atoms with Crippen LogP contribution in [-0.2, 0) is 0 Å². The number of unbranched alkanes of at least 4 members (excludes halogenated alkanes) is 2. The Bertz CT molecular complexity index is 354. The first-order chi connectivity index (χ1) is 8.06. The van der Waals surface area contributed by atoms with E-state index in [-0.39, 0.29) is 18.4 Å². The van der Waals surface area contributed by atoms with Crippen LogP contribution in [0.2, 0.25) is 5.02 Å². The van der Waals surface area contributed by atoms with Gasteiger partial charge in [0, 0.05) is 30.8 Å². The Labute approximate surface area is 122 Å². The summed E-state index contributed by atoms with van der Waals surface area (Å²) >= 11 is 6.27. The second-order valence-corrected chi connectivity index (χ2v) is 5.11. The maximum Gasteiger partial charge on any atom is 0.0474 e.